The van der Waals surface area contributed by atoms with E-state index in [1.54, 1.807) is 23.3 Å². The quantitative estimate of drug-likeness (QED) is 0.289. The molecular formula is C34H44N2O2S2. The van der Waals surface area contributed by atoms with Gasteiger partial charge in [-0.3, -0.25) is 9.52 Å². The number of hydrogen-bond acceptors (Lipinski definition) is 5. The second kappa shape index (κ2) is 8.91. The summed E-state index contributed by atoms with van der Waals surface area (Å²) in [6, 6.07) is 4.28. The Morgan fingerprint density at radius 2 is 1.75 bits per heavy atom. The molecule has 0 spiro atoms. The Bertz CT molecular complexity index is 1370. The van der Waals surface area contributed by atoms with Crippen molar-refractivity contribution in [1.29, 1.82) is 0 Å². The third-order valence-electron chi connectivity index (χ3n) is 12.7. The first-order valence-electron chi connectivity index (χ1n) is 15.0. The molecule has 40 heavy (non-hydrogen) atoms. The summed E-state index contributed by atoms with van der Waals surface area (Å²) in [6.45, 7) is 23.7. The highest BCUT2D eigenvalue weighted by Gasteiger charge is 2.69. The average molecular weight is 577 g/mol. The summed E-state index contributed by atoms with van der Waals surface area (Å²) >= 11 is 3.53. The number of nitrogens with zero attached hydrogens (tertiary/aromatic N) is 1. The van der Waals surface area contributed by atoms with Gasteiger partial charge in [-0.2, -0.15) is 0 Å². The number of carbonyl (C=O) groups excluding carboxylic acids is 2. The first-order valence-corrected chi connectivity index (χ1v) is 16.7. The molecule has 1 aromatic heterocycles. The molecule has 6 heteroatoms. The number of rotatable bonds is 3. The van der Waals surface area contributed by atoms with Gasteiger partial charge in [0, 0.05) is 22.3 Å². The van der Waals surface area contributed by atoms with Gasteiger partial charge < -0.3 is 4.79 Å². The van der Waals surface area contributed by atoms with Crippen LogP contribution in [0.4, 0.5) is 0 Å². The summed E-state index contributed by atoms with van der Waals surface area (Å²) in [5, 5.41) is 2.13. The van der Waals surface area contributed by atoms with Crippen LogP contribution in [-0.4, -0.2) is 17.1 Å². The van der Waals surface area contributed by atoms with E-state index in [2.05, 4.69) is 61.7 Å². The van der Waals surface area contributed by atoms with Gasteiger partial charge in [0.05, 0.1) is 10.8 Å². The third-order valence-corrected chi connectivity index (χ3v) is 14.7. The lowest BCUT2D eigenvalue weighted by Crippen LogP contribution is -2.68. The van der Waals surface area contributed by atoms with Gasteiger partial charge in [0.25, 0.3) is 0 Å². The fourth-order valence-electron chi connectivity index (χ4n) is 10.3. The predicted octanol–water partition coefficient (Wildman–Crippen LogP) is 8.67. The molecule has 3 saturated carbocycles. The van der Waals surface area contributed by atoms with E-state index in [1.165, 1.54) is 16.2 Å². The Morgan fingerprint density at radius 3 is 2.42 bits per heavy atom. The van der Waals surface area contributed by atoms with E-state index in [0.29, 0.717) is 0 Å². The van der Waals surface area contributed by atoms with Gasteiger partial charge in [0.1, 0.15) is 0 Å². The Morgan fingerprint density at radius 1 is 1.02 bits per heavy atom. The Balaban J connectivity index is 1.47. The number of allylic oxidation sites excluding steroid dienone is 4. The lowest BCUT2D eigenvalue weighted by Gasteiger charge is -2.69. The zero-order valence-electron chi connectivity index (χ0n) is 25.1. The van der Waals surface area contributed by atoms with E-state index >= 15 is 0 Å². The van der Waals surface area contributed by atoms with E-state index in [4.69, 9.17) is 6.57 Å². The van der Waals surface area contributed by atoms with Crippen molar-refractivity contribution in [2.75, 3.05) is 0 Å². The van der Waals surface area contributed by atoms with Gasteiger partial charge >= 0.3 is 0 Å². The number of fused-ring (bicyclic) bond motifs is 7. The van der Waals surface area contributed by atoms with Crippen molar-refractivity contribution in [3.8, 4) is 0 Å². The molecule has 1 N–H and O–H groups in total. The molecule has 5 aliphatic carbocycles. The molecule has 0 saturated heterocycles. The molecule has 214 valence electrons. The smallest absolute Gasteiger partial charge is 0.226 e. The second-order valence-corrected chi connectivity index (χ2v) is 17.6. The Kier molecular flexibility index (Phi) is 6.34. The van der Waals surface area contributed by atoms with Crippen molar-refractivity contribution in [3.05, 3.63) is 52.4 Å². The highest BCUT2D eigenvalue weighted by molar-refractivity contribution is 7.99. The second-order valence-electron chi connectivity index (χ2n) is 15.5. The molecule has 4 nitrogen and oxygen atoms in total. The molecule has 1 aromatic rings. The van der Waals surface area contributed by atoms with Gasteiger partial charge in [-0.1, -0.05) is 66.2 Å². The third kappa shape index (κ3) is 3.72. The molecule has 2 unspecified atom stereocenters. The maximum Gasteiger partial charge on any atom is 0.226 e. The molecular weight excluding hydrogens is 533 g/mol. The van der Waals surface area contributed by atoms with Crippen LogP contribution in [0.1, 0.15) is 93.4 Å². The minimum Gasteiger partial charge on any atom is -0.307 e. The minimum atomic E-state index is -0.621. The van der Waals surface area contributed by atoms with E-state index in [-0.39, 0.29) is 56.8 Å². The monoisotopic (exact) mass is 576 g/mol. The Hall–Kier alpha value is -1.68. The van der Waals surface area contributed by atoms with Crippen molar-refractivity contribution >= 4 is 34.9 Å². The van der Waals surface area contributed by atoms with Gasteiger partial charge in [-0.15, -0.1) is 11.3 Å². The summed E-state index contributed by atoms with van der Waals surface area (Å²) in [7, 11) is 0. The summed E-state index contributed by atoms with van der Waals surface area (Å²) in [5.74, 6) is 0.564. The minimum absolute atomic E-state index is 0.0336. The Labute approximate surface area is 248 Å². The van der Waals surface area contributed by atoms with Gasteiger partial charge in [-0.25, -0.2) is 4.85 Å². The van der Waals surface area contributed by atoms with Gasteiger partial charge in [-0.05, 0) is 102 Å². The zero-order chi connectivity index (χ0) is 28.9. The molecule has 5 aliphatic rings. The molecule has 3 fully saturated rings. The average Bonchev–Trinajstić information content (AvgIpc) is 3.41. The van der Waals surface area contributed by atoms with Crippen LogP contribution in [0.3, 0.4) is 0 Å². The van der Waals surface area contributed by atoms with Crippen molar-refractivity contribution in [1.82, 2.24) is 4.72 Å². The molecule has 6 rings (SSSR count). The lowest BCUT2D eigenvalue weighted by molar-refractivity contribution is -0.159. The number of nitrogens with one attached hydrogen (secondary N) is 1. The fourth-order valence-corrected chi connectivity index (χ4v) is 12.0. The number of Topliss-reactive ketones (excluding diaryl/α,β-unsaturated/α-hetero) is 1. The van der Waals surface area contributed by atoms with E-state index in [0.717, 1.165) is 38.5 Å². The molecule has 0 amide bonds. The van der Waals surface area contributed by atoms with Crippen molar-refractivity contribution in [2.45, 2.75) is 103 Å². The summed E-state index contributed by atoms with van der Waals surface area (Å²) in [6.07, 6.45) is 11.3. The molecule has 0 aliphatic heterocycles. The summed E-state index contributed by atoms with van der Waals surface area (Å²) in [4.78, 5) is 31.6. The van der Waals surface area contributed by atoms with Crippen LogP contribution in [0.15, 0.2) is 45.1 Å². The number of carbonyl (C=O) groups is 2. The molecule has 0 aromatic carbocycles. The van der Waals surface area contributed by atoms with E-state index in [9.17, 15) is 9.59 Å². The SMILES string of the molecule is [C-]#[N+]C1=C[C@]2(C)C3=CC(=O)C4C5CC(C)(C)CC[C@]5(NSc5cccs5)CC[C@@]4(C)[C@]3(C)CC[C@H]2C(C)(C)C1=O. The number of hydrogen-bond donors (Lipinski definition) is 1. The zero-order valence-corrected chi connectivity index (χ0v) is 26.8. The van der Waals surface area contributed by atoms with Gasteiger partial charge in [0.15, 0.2) is 11.6 Å². The molecule has 1 heterocycles. The molecule has 0 bridgehead atoms. The lowest BCUT2D eigenvalue weighted by atomic mass is 9.35. The summed E-state index contributed by atoms with van der Waals surface area (Å²) in [5.41, 5.74) is 0.167. The number of thiophene rings is 1. The standard InChI is InChI=1S/C34H44N2O2S2/c1-29(2)13-15-34(36-40-26-10-9-17-39-26)16-14-33(7)27(21(34)19-29)23(37)18-25-31(5)20-22(35-8)28(38)30(3,4)24(31)11-12-32(25,33)6/h9-10,17-18,20-21,24,27,36H,11-16,19H2,1-7H3/t21?,24-,27?,31-,32+,33+,34-/m0/s1. The van der Waals surface area contributed by atoms with Crippen LogP contribution >= 0.6 is 23.3 Å². The van der Waals surface area contributed by atoms with E-state index < -0.39 is 10.8 Å². The van der Waals surface area contributed by atoms with Crippen LogP contribution < -0.4 is 4.72 Å². The van der Waals surface area contributed by atoms with Crippen molar-refractivity contribution < 1.29 is 9.59 Å². The van der Waals surface area contributed by atoms with Gasteiger partial charge in [0.2, 0.25) is 5.70 Å². The first-order chi connectivity index (χ1) is 18.6. The van der Waals surface area contributed by atoms with Crippen LogP contribution in [0.2, 0.25) is 0 Å². The maximum absolute atomic E-state index is 14.6. The van der Waals surface area contributed by atoms with Crippen LogP contribution in [0.25, 0.3) is 4.85 Å². The largest absolute Gasteiger partial charge is 0.307 e. The highest BCUT2D eigenvalue weighted by Crippen LogP contribution is 2.73. The summed E-state index contributed by atoms with van der Waals surface area (Å²) < 4.78 is 5.26. The van der Waals surface area contributed by atoms with Crippen molar-refractivity contribution in [2.24, 2.45) is 44.8 Å². The maximum atomic E-state index is 14.6. The first kappa shape index (κ1) is 28.4. The van der Waals surface area contributed by atoms with Crippen LogP contribution in [0.5, 0.6) is 0 Å². The normalized spacial score (nSPS) is 43.3. The highest BCUT2D eigenvalue weighted by atomic mass is 32.2. The topological polar surface area (TPSA) is 50.5 Å². The fraction of sp³-hybridized carbons (Fsp3) is 0.676. The van der Waals surface area contributed by atoms with Crippen molar-refractivity contribution in [3.63, 3.8) is 0 Å². The molecule has 0 radical (unpaired) electrons. The predicted molar refractivity (Wildman–Crippen MR) is 163 cm³/mol. The molecule has 7 atom stereocenters. The van der Waals surface area contributed by atoms with Crippen LogP contribution in [-0.2, 0) is 9.59 Å². The van der Waals surface area contributed by atoms with Crippen LogP contribution in [0, 0.1) is 51.4 Å². The van der Waals surface area contributed by atoms with E-state index in [1.807, 2.05) is 26.0 Å². The number of ketones is 2.